The molecule has 1 aliphatic heterocycles. The van der Waals surface area contributed by atoms with Crippen LogP contribution in [0.5, 0.6) is 0 Å². The van der Waals surface area contributed by atoms with Crippen molar-refractivity contribution in [3.05, 3.63) is 41.7 Å². The molecule has 26 heavy (non-hydrogen) atoms. The van der Waals surface area contributed by atoms with E-state index in [1.54, 1.807) is 0 Å². The Morgan fingerprint density at radius 3 is 2.65 bits per heavy atom. The number of hydrogen-bond donors (Lipinski definition) is 2. The molecule has 3 rings (SSSR count). The highest BCUT2D eigenvalue weighted by molar-refractivity contribution is 5.94. The number of carbonyl (C=O) groups excluding carboxylic acids is 2. The molecular formula is C19H25N5O2. The Balaban J connectivity index is 1.73. The second kappa shape index (κ2) is 7.70. The van der Waals surface area contributed by atoms with Crippen molar-refractivity contribution in [3.8, 4) is 5.69 Å². The van der Waals surface area contributed by atoms with Gasteiger partial charge in [-0.15, -0.1) is 0 Å². The van der Waals surface area contributed by atoms with Crippen LogP contribution in [0.25, 0.3) is 5.69 Å². The smallest absolute Gasteiger partial charge is 0.238 e. The molecule has 0 radical (unpaired) electrons. The molecule has 0 saturated carbocycles. The molecule has 1 fully saturated rings. The fraction of sp³-hybridized carbons (Fsp3) is 0.421. The maximum absolute atomic E-state index is 12.6. The number of hydrogen-bond acceptors (Lipinski definition) is 4. The lowest BCUT2D eigenvalue weighted by Gasteiger charge is -2.32. The highest BCUT2D eigenvalue weighted by atomic mass is 16.2. The predicted molar refractivity (Wildman–Crippen MR) is 100 cm³/mol. The lowest BCUT2D eigenvalue weighted by Crippen LogP contribution is -2.50. The molecule has 0 spiro atoms. The van der Waals surface area contributed by atoms with Gasteiger partial charge in [0.1, 0.15) is 0 Å². The Labute approximate surface area is 153 Å². The quantitative estimate of drug-likeness (QED) is 0.855. The molecule has 1 aromatic carbocycles. The SMILES string of the molecule is Cc1nn(-c2ccccc2)c(C)c1NC(=O)CN1CCCC[C@H]1C(N)=O. The molecule has 7 nitrogen and oxygen atoms in total. The molecule has 1 aromatic heterocycles. The summed E-state index contributed by atoms with van der Waals surface area (Å²) in [4.78, 5) is 26.0. The van der Waals surface area contributed by atoms with Gasteiger partial charge in [-0.1, -0.05) is 24.6 Å². The number of anilines is 1. The van der Waals surface area contributed by atoms with Crippen LogP contribution in [0.1, 0.15) is 30.7 Å². The van der Waals surface area contributed by atoms with Crippen LogP contribution < -0.4 is 11.1 Å². The van der Waals surface area contributed by atoms with E-state index < -0.39 is 0 Å². The zero-order chi connectivity index (χ0) is 18.7. The average Bonchev–Trinajstić information content (AvgIpc) is 2.91. The van der Waals surface area contributed by atoms with Crippen LogP contribution in [0.4, 0.5) is 5.69 Å². The third kappa shape index (κ3) is 3.77. The summed E-state index contributed by atoms with van der Waals surface area (Å²) in [7, 11) is 0. The van der Waals surface area contributed by atoms with Crippen LogP contribution in [0.15, 0.2) is 30.3 Å². The Bertz CT molecular complexity index is 800. The van der Waals surface area contributed by atoms with Gasteiger partial charge in [0.15, 0.2) is 0 Å². The van der Waals surface area contributed by atoms with Crippen LogP contribution in [-0.2, 0) is 9.59 Å². The molecule has 1 saturated heterocycles. The third-order valence-corrected chi connectivity index (χ3v) is 4.85. The van der Waals surface area contributed by atoms with Crippen molar-refractivity contribution in [1.29, 1.82) is 0 Å². The van der Waals surface area contributed by atoms with Crippen LogP contribution in [-0.4, -0.2) is 45.6 Å². The summed E-state index contributed by atoms with van der Waals surface area (Å²) in [5.41, 5.74) is 8.76. The predicted octanol–water partition coefficient (Wildman–Crippen LogP) is 1.77. The molecule has 0 unspecified atom stereocenters. The summed E-state index contributed by atoms with van der Waals surface area (Å²) in [6, 6.07) is 9.43. The molecule has 0 bridgehead atoms. The number of carbonyl (C=O) groups is 2. The van der Waals surface area contributed by atoms with Gasteiger partial charge in [0.2, 0.25) is 11.8 Å². The fourth-order valence-corrected chi connectivity index (χ4v) is 3.51. The maximum atomic E-state index is 12.6. The van der Waals surface area contributed by atoms with E-state index in [1.165, 1.54) is 0 Å². The number of likely N-dealkylation sites (tertiary alicyclic amines) is 1. The number of nitrogens with one attached hydrogen (secondary N) is 1. The van der Waals surface area contributed by atoms with Crippen molar-refractivity contribution in [1.82, 2.24) is 14.7 Å². The summed E-state index contributed by atoms with van der Waals surface area (Å²) < 4.78 is 1.82. The lowest BCUT2D eigenvalue weighted by molar-refractivity contribution is -0.126. The summed E-state index contributed by atoms with van der Waals surface area (Å²) in [5.74, 6) is -0.515. The van der Waals surface area contributed by atoms with E-state index in [0.717, 1.165) is 29.9 Å². The van der Waals surface area contributed by atoms with Crippen LogP contribution in [0, 0.1) is 13.8 Å². The van der Waals surface area contributed by atoms with E-state index in [9.17, 15) is 9.59 Å². The normalized spacial score (nSPS) is 17.8. The van der Waals surface area contributed by atoms with Crippen molar-refractivity contribution in [2.75, 3.05) is 18.4 Å². The average molecular weight is 355 g/mol. The number of benzene rings is 1. The Morgan fingerprint density at radius 2 is 1.96 bits per heavy atom. The molecule has 7 heteroatoms. The summed E-state index contributed by atoms with van der Waals surface area (Å²) in [6.07, 6.45) is 2.65. The standard InChI is InChI=1S/C19H25N5O2/c1-13-18(14(2)24(22-13)15-8-4-3-5-9-15)21-17(25)12-23-11-7-6-10-16(23)19(20)26/h3-5,8-9,16H,6-7,10-12H2,1-2H3,(H2,20,26)(H,21,25)/t16-/m0/s1. The zero-order valence-electron chi connectivity index (χ0n) is 15.2. The molecule has 2 heterocycles. The number of nitrogens with two attached hydrogens (primary N) is 1. The third-order valence-electron chi connectivity index (χ3n) is 4.85. The number of aromatic nitrogens is 2. The van der Waals surface area contributed by atoms with Crippen LogP contribution in [0.2, 0.25) is 0 Å². The number of primary amides is 1. The molecule has 1 aliphatic rings. The number of piperidine rings is 1. The monoisotopic (exact) mass is 355 g/mol. The van der Waals surface area contributed by atoms with Gasteiger partial charge in [0.05, 0.1) is 35.3 Å². The Hall–Kier alpha value is -2.67. The van der Waals surface area contributed by atoms with E-state index in [1.807, 2.05) is 53.8 Å². The fourth-order valence-electron chi connectivity index (χ4n) is 3.51. The maximum Gasteiger partial charge on any atom is 0.238 e. The van der Waals surface area contributed by atoms with E-state index in [2.05, 4.69) is 10.4 Å². The van der Waals surface area contributed by atoms with Gasteiger partial charge in [-0.25, -0.2) is 4.68 Å². The Morgan fingerprint density at radius 1 is 1.23 bits per heavy atom. The minimum absolute atomic E-state index is 0.156. The van der Waals surface area contributed by atoms with Crippen molar-refractivity contribution in [3.63, 3.8) is 0 Å². The first kappa shape index (κ1) is 18.1. The number of nitrogens with zero attached hydrogens (tertiary/aromatic N) is 3. The topological polar surface area (TPSA) is 93.2 Å². The van der Waals surface area contributed by atoms with Gasteiger partial charge in [0, 0.05) is 0 Å². The minimum Gasteiger partial charge on any atom is -0.368 e. The highest BCUT2D eigenvalue weighted by Gasteiger charge is 2.28. The van der Waals surface area contributed by atoms with Crippen LogP contribution in [0.3, 0.4) is 0 Å². The number of aryl methyl sites for hydroxylation is 1. The van der Waals surface area contributed by atoms with Gasteiger partial charge in [-0.3, -0.25) is 14.5 Å². The second-order valence-corrected chi connectivity index (χ2v) is 6.73. The molecule has 1 atom stereocenters. The molecular weight excluding hydrogens is 330 g/mol. The lowest BCUT2D eigenvalue weighted by atomic mass is 10.0. The van der Waals surface area contributed by atoms with Gasteiger partial charge in [-0.2, -0.15) is 5.10 Å². The molecule has 2 aromatic rings. The van der Waals surface area contributed by atoms with Gasteiger partial charge < -0.3 is 11.1 Å². The largest absolute Gasteiger partial charge is 0.368 e. The molecule has 2 amide bonds. The first-order chi connectivity index (χ1) is 12.5. The van der Waals surface area contributed by atoms with Crippen molar-refractivity contribution in [2.45, 2.75) is 39.2 Å². The molecule has 0 aliphatic carbocycles. The van der Waals surface area contributed by atoms with E-state index in [-0.39, 0.29) is 24.4 Å². The van der Waals surface area contributed by atoms with E-state index in [4.69, 9.17) is 5.73 Å². The van der Waals surface area contributed by atoms with Crippen LogP contribution >= 0.6 is 0 Å². The number of amides is 2. The Kier molecular flexibility index (Phi) is 5.37. The van der Waals surface area contributed by atoms with Crippen molar-refractivity contribution < 1.29 is 9.59 Å². The van der Waals surface area contributed by atoms with Gasteiger partial charge in [-0.05, 0) is 45.4 Å². The first-order valence-corrected chi connectivity index (χ1v) is 8.92. The van der Waals surface area contributed by atoms with Gasteiger partial charge >= 0.3 is 0 Å². The number of rotatable bonds is 5. The number of para-hydroxylation sites is 1. The molecule has 3 N–H and O–H groups in total. The van der Waals surface area contributed by atoms with E-state index >= 15 is 0 Å². The second-order valence-electron chi connectivity index (χ2n) is 6.73. The minimum atomic E-state index is -0.359. The van der Waals surface area contributed by atoms with Crippen molar-refractivity contribution in [2.24, 2.45) is 5.73 Å². The van der Waals surface area contributed by atoms with Gasteiger partial charge in [0.25, 0.3) is 0 Å². The van der Waals surface area contributed by atoms with E-state index in [0.29, 0.717) is 18.7 Å². The summed E-state index contributed by atoms with van der Waals surface area (Å²) in [6.45, 7) is 4.66. The first-order valence-electron chi connectivity index (χ1n) is 8.92. The summed E-state index contributed by atoms with van der Waals surface area (Å²) >= 11 is 0. The molecule has 138 valence electrons. The van der Waals surface area contributed by atoms with Crippen molar-refractivity contribution >= 4 is 17.5 Å². The highest BCUT2D eigenvalue weighted by Crippen LogP contribution is 2.23. The zero-order valence-corrected chi connectivity index (χ0v) is 15.2. The summed E-state index contributed by atoms with van der Waals surface area (Å²) in [5, 5.41) is 7.50.